The van der Waals surface area contributed by atoms with E-state index in [1.807, 2.05) is 0 Å². The van der Waals surface area contributed by atoms with Crippen molar-refractivity contribution in [1.29, 1.82) is 0 Å². The Morgan fingerprint density at radius 3 is 1.76 bits per heavy atom. The van der Waals surface area contributed by atoms with Crippen LogP contribution in [0.2, 0.25) is 0 Å². The second-order valence-electron chi connectivity index (χ2n) is 6.13. The smallest absolute Gasteiger partial charge is 0.154 e. The van der Waals surface area contributed by atoms with E-state index in [1.165, 1.54) is 22.9 Å². The van der Waals surface area contributed by atoms with E-state index in [9.17, 15) is 8.42 Å². The van der Waals surface area contributed by atoms with Gasteiger partial charge in [0.1, 0.15) is 0 Å². The molecule has 0 aliphatic carbocycles. The van der Waals surface area contributed by atoms with Crippen LogP contribution in [0.4, 0.5) is 0 Å². The highest BCUT2D eigenvalue weighted by Crippen LogP contribution is 2.42. The van der Waals surface area contributed by atoms with Crippen LogP contribution in [-0.4, -0.2) is 19.4 Å². The summed E-state index contributed by atoms with van der Waals surface area (Å²) in [5.74, 6) is 0. The van der Waals surface area contributed by atoms with Gasteiger partial charge in [0, 0.05) is 6.26 Å². The molecule has 0 saturated carbocycles. The topological polar surface area (TPSA) is 34.1 Å². The number of halogens is 1. The molecule has 0 spiro atoms. The van der Waals surface area contributed by atoms with Crippen molar-refractivity contribution in [3.05, 3.63) is 34.4 Å². The van der Waals surface area contributed by atoms with Crippen molar-refractivity contribution in [2.24, 2.45) is 0 Å². The minimum atomic E-state index is -3.16. The molecule has 0 amide bonds. The van der Waals surface area contributed by atoms with Crippen LogP contribution >= 0.6 is 15.9 Å². The van der Waals surface area contributed by atoms with Crippen LogP contribution in [0.3, 0.4) is 0 Å². The van der Waals surface area contributed by atoms with Crippen molar-refractivity contribution in [1.82, 2.24) is 0 Å². The summed E-state index contributed by atoms with van der Waals surface area (Å²) in [6, 6.07) is 4.45. The first kappa shape index (κ1) is 18.7. The Bertz CT molecular complexity index is 578. The molecule has 1 atom stereocenters. The summed E-state index contributed by atoms with van der Waals surface area (Å²) >= 11 is 3.69. The van der Waals surface area contributed by atoms with Gasteiger partial charge in [-0.05, 0) is 55.4 Å². The molecule has 0 radical (unpaired) electrons. The van der Waals surface area contributed by atoms with Gasteiger partial charge in [-0.3, -0.25) is 0 Å². The molecule has 0 bridgehead atoms. The highest BCUT2D eigenvalue weighted by Gasteiger charge is 2.40. The van der Waals surface area contributed by atoms with Gasteiger partial charge in [0.05, 0.1) is 9.57 Å². The fraction of sp³-hybridized carbons (Fsp3) is 0.647. The largest absolute Gasteiger partial charge is 0.229 e. The molecule has 0 N–H and O–H groups in total. The lowest BCUT2D eigenvalue weighted by atomic mass is 9.88. The average Bonchev–Trinajstić information content (AvgIpc) is 2.43. The Balaban J connectivity index is 3.55. The minimum absolute atomic E-state index is 0.198. The number of hydrogen-bond donors (Lipinski definition) is 0. The zero-order valence-electron chi connectivity index (χ0n) is 14.0. The molecule has 0 saturated heterocycles. The lowest BCUT2D eigenvalue weighted by Crippen LogP contribution is -2.36. The van der Waals surface area contributed by atoms with Crippen molar-refractivity contribution >= 4 is 25.8 Å². The van der Waals surface area contributed by atoms with Crippen LogP contribution in [0.5, 0.6) is 0 Å². The van der Waals surface area contributed by atoms with Gasteiger partial charge in [-0.1, -0.05) is 48.8 Å². The van der Waals surface area contributed by atoms with Crippen molar-refractivity contribution in [3.63, 3.8) is 0 Å². The van der Waals surface area contributed by atoms with E-state index in [1.54, 1.807) is 13.8 Å². The Morgan fingerprint density at radius 2 is 1.48 bits per heavy atom. The Morgan fingerprint density at radius 1 is 1.05 bits per heavy atom. The van der Waals surface area contributed by atoms with Crippen LogP contribution in [0.25, 0.3) is 0 Å². The first-order valence-corrected chi connectivity index (χ1v) is 10.4. The predicted molar refractivity (Wildman–Crippen MR) is 95.2 cm³/mol. The van der Waals surface area contributed by atoms with E-state index in [2.05, 4.69) is 48.8 Å². The van der Waals surface area contributed by atoms with Gasteiger partial charge < -0.3 is 0 Å². The molecule has 120 valence electrons. The predicted octanol–water partition coefficient (Wildman–Crippen LogP) is 4.63. The molecule has 1 aromatic rings. The maximum absolute atomic E-state index is 12.2. The SMILES string of the molecule is CCc1cc(CC)c(C(Br)C(C)(C)S(C)(=O)=O)c(CC)c1. The van der Waals surface area contributed by atoms with E-state index < -0.39 is 14.6 Å². The number of alkyl halides is 1. The quantitative estimate of drug-likeness (QED) is 0.679. The number of sulfone groups is 1. The van der Waals surface area contributed by atoms with Gasteiger partial charge in [-0.2, -0.15) is 0 Å². The summed E-state index contributed by atoms with van der Waals surface area (Å²) in [7, 11) is -3.16. The molecular formula is C17H27BrO2S. The van der Waals surface area contributed by atoms with E-state index >= 15 is 0 Å². The van der Waals surface area contributed by atoms with Crippen LogP contribution in [0.1, 0.15) is 61.7 Å². The minimum Gasteiger partial charge on any atom is -0.229 e. The van der Waals surface area contributed by atoms with Crippen molar-refractivity contribution in [2.75, 3.05) is 6.26 Å². The summed E-state index contributed by atoms with van der Waals surface area (Å²) in [5, 5.41) is 0. The Hall–Kier alpha value is -0.350. The normalized spacial score (nSPS) is 14.2. The second-order valence-corrected chi connectivity index (χ2v) is 9.64. The lowest BCUT2D eigenvalue weighted by molar-refractivity contribution is 0.547. The molecule has 21 heavy (non-hydrogen) atoms. The third-order valence-electron chi connectivity index (χ3n) is 4.40. The maximum Gasteiger partial charge on any atom is 0.154 e. The van der Waals surface area contributed by atoms with Gasteiger partial charge >= 0.3 is 0 Å². The summed E-state index contributed by atoms with van der Waals surface area (Å²) in [6.07, 6.45) is 4.15. The van der Waals surface area contributed by atoms with Gasteiger partial charge in [-0.15, -0.1) is 0 Å². The third kappa shape index (κ3) is 3.70. The monoisotopic (exact) mass is 374 g/mol. The summed E-state index contributed by atoms with van der Waals surface area (Å²) in [6.45, 7) is 10.0. The zero-order chi connectivity index (χ0) is 16.4. The van der Waals surface area contributed by atoms with Gasteiger partial charge in [0.2, 0.25) is 0 Å². The second kappa shape index (κ2) is 6.82. The fourth-order valence-electron chi connectivity index (χ4n) is 2.50. The van der Waals surface area contributed by atoms with E-state index in [0.717, 1.165) is 24.8 Å². The maximum atomic E-state index is 12.2. The van der Waals surface area contributed by atoms with Crippen LogP contribution in [0.15, 0.2) is 12.1 Å². The molecule has 4 heteroatoms. The van der Waals surface area contributed by atoms with Crippen LogP contribution in [-0.2, 0) is 29.1 Å². The molecule has 1 aromatic carbocycles. The Labute approximate surface area is 138 Å². The van der Waals surface area contributed by atoms with Gasteiger partial charge in [0.15, 0.2) is 9.84 Å². The third-order valence-corrected chi connectivity index (χ3v) is 8.45. The van der Waals surface area contributed by atoms with E-state index in [0.29, 0.717) is 0 Å². The fourth-order valence-corrected chi connectivity index (χ4v) is 4.60. The summed E-state index contributed by atoms with van der Waals surface area (Å²) < 4.78 is 23.5. The number of hydrogen-bond acceptors (Lipinski definition) is 2. The molecule has 2 nitrogen and oxygen atoms in total. The molecule has 0 aliphatic heterocycles. The number of aryl methyl sites for hydroxylation is 3. The van der Waals surface area contributed by atoms with Crippen LogP contribution < -0.4 is 0 Å². The molecule has 0 aliphatic rings. The van der Waals surface area contributed by atoms with Crippen LogP contribution in [0, 0.1) is 0 Å². The van der Waals surface area contributed by atoms with Crippen molar-refractivity contribution in [2.45, 2.75) is 63.5 Å². The summed E-state index contributed by atoms with van der Waals surface area (Å²) in [4.78, 5) is -0.198. The highest BCUT2D eigenvalue weighted by molar-refractivity contribution is 9.09. The molecule has 1 unspecified atom stereocenters. The van der Waals surface area contributed by atoms with Gasteiger partial charge in [-0.25, -0.2) is 8.42 Å². The first-order valence-electron chi connectivity index (χ1n) is 7.58. The molecule has 0 heterocycles. The van der Waals surface area contributed by atoms with Crippen molar-refractivity contribution < 1.29 is 8.42 Å². The van der Waals surface area contributed by atoms with Gasteiger partial charge in [0.25, 0.3) is 0 Å². The molecular weight excluding hydrogens is 348 g/mol. The zero-order valence-corrected chi connectivity index (χ0v) is 16.4. The highest BCUT2D eigenvalue weighted by atomic mass is 79.9. The van der Waals surface area contributed by atoms with E-state index in [-0.39, 0.29) is 4.83 Å². The molecule has 1 rings (SSSR count). The van der Waals surface area contributed by atoms with E-state index in [4.69, 9.17) is 0 Å². The number of rotatable bonds is 6. The molecule has 0 aromatic heterocycles. The summed E-state index contributed by atoms with van der Waals surface area (Å²) in [5.41, 5.74) is 4.99. The Kier molecular flexibility index (Phi) is 6.08. The first-order chi connectivity index (χ1) is 9.60. The standard InChI is InChI=1S/C17H27BrO2S/c1-7-12-10-13(8-2)15(14(9-3)11-12)16(18)17(4,5)21(6,19)20/h10-11,16H,7-9H2,1-6H3. The average molecular weight is 375 g/mol. The van der Waals surface area contributed by atoms with Crippen molar-refractivity contribution in [3.8, 4) is 0 Å². The lowest BCUT2D eigenvalue weighted by Gasteiger charge is -2.32. The molecule has 0 fully saturated rings. The number of benzene rings is 1.